The molecule has 0 saturated carbocycles. The summed E-state index contributed by atoms with van der Waals surface area (Å²) in [6.07, 6.45) is 0. The minimum atomic E-state index is -3.66. The summed E-state index contributed by atoms with van der Waals surface area (Å²) in [5, 5.41) is 0. The van der Waals surface area contributed by atoms with E-state index >= 15 is 0 Å². The molecule has 2 heterocycles. The lowest BCUT2D eigenvalue weighted by Gasteiger charge is -2.35. The van der Waals surface area contributed by atoms with Gasteiger partial charge in [-0.1, -0.05) is 42.5 Å². The van der Waals surface area contributed by atoms with Gasteiger partial charge in [-0.3, -0.25) is 0 Å². The molecule has 5 rings (SSSR count). The molecular weight excluding hydrogens is 415 g/mol. The average molecular weight is 437 g/mol. The molecule has 1 fully saturated rings. The molecule has 31 heavy (non-hydrogen) atoms. The highest BCUT2D eigenvalue weighted by Gasteiger charge is 2.29. The van der Waals surface area contributed by atoms with Gasteiger partial charge in [0.05, 0.1) is 21.6 Å². The van der Waals surface area contributed by atoms with Crippen molar-refractivity contribution in [2.75, 3.05) is 31.1 Å². The number of anilines is 1. The number of benzene rings is 3. The highest BCUT2D eigenvalue weighted by molar-refractivity contribution is 7.89. The Morgan fingerprint density at radius 1 is 0.871 bits per heavy atom. The van der Waals surface area contributed by atoms with Crippen LogP contribution in [0.5, 0.6) is 0 Å². The second-order valence-corrected chi connectivity index (χ2v) is 9.41. The fourth-order valence-corrected chi connectivity index (χ4v) is 5.36. The first-order chi connectivity index (χ1) is 15.0. The Bertz CT molecular complexity index is 1330. The van der Waals surface area contributed by atoms with Crippen LogP contribution in [0.4, 0.5) is 10.1 Å². The molecule has 0 radical (unpaired) electrons. The van der Waals surface area contributed by atoms with Gasteiger partial charge < -0.3 is 9.88 Å². The van der Waals surface area contributed by atoms with Gasteiger partial charge in [0.15, 0.2) is 0 Å². The monoisotopic (exact) mass is 436 g/mol. The third kappa shape index (κ3) is 3.68. The van der Waals surface area contributed by atoms with Crippen molar-refractivity contribution in [3.8, 4) is 11.4 Å². The van der Waals surface area contributed by atoms with Gasteiger partial charge in [0.1, 0.15) is 11.6 Å². The van der Waals surface area contributed by atoms with Crippen LogP contribution in [0.3, 0.4) is 0 Å². The second kappa shape index (κ2) is 7.79. The maximum absolute atomic E-state index is 14.1. The van der Waals surface area contributed by atoms with Crippen LogP contribution in [0.15, 0.2) is 77.7 Å². The SMILES string of the molecule is O=S(=O)(c1ccc2nc(-c3ccccc3)[nH]c2c1)N1CCN(c2ccccc2F)CC1. The third-order valence-corrected chi connectivity index (χ3v) is 7.46. The zero-order valence-corrected chi connectivity index (χ0v) is 17.5. The Balaban J connectivity index is 1.37. The Morgan fingerprint density at radius 3 is 2.32 bits per heavy atom. The van der Waals surface area contributed by atoms with E-state index in [9.17, 15) is 12.8 Å². The van der Waals surface area contributed by atoms with Crippen LogP contribution in [0.2, 0.25) is 0 Å². The topological polar surface area (TPSA) is 69.3 Å². The van der Waals surface area contributed by atoms with Crippen LogP contribution in [0.1, 0.15) is 0 Å². The summed E-state index contributed by atoms with van der Waals surface area (Å²) < 4.78 is 42.0. The number of nitrogens with one attached hydrogen (secondary N) is 1. The average Bonchev–Trinajstić information content (AvgIpc) is 3.24. The van der Waals surface area contributed by atoms with Crippen LogP contribution in [-0.4, -0.2) is 48.9 Å². The van der Waals surface area contributed by atoms with E-state index in [-0.39, 0.29) is 10.7 Å². The van der Waals surface area contributed by atoms with Gasteiger partial charge in [-0.25, -0.2) is 17.8 Å². The molecule has 158 valence electrons. The Labute approximate surface area is 180 Å². The molecule has 8 heteroatoms. The standard InChI is InChI=1S/C23H21FN4O2S/c24-19-8-4-5-9-22(19)27-12-14-28(15-13-27)31(29,30)18-10-11-20-21(16-18)26-23(25-20)17-6-2-1-3-7-17/h1-11,16H,12-15H2,(H,25,26). The number of nitrogens with zero attached hydrogens (tertiary/aromatic N) is 3. The molecule has 0 amide bonds. The number of imidazole rings is 1. The van der Waals surface area contributed by atoms with Crippen LogP contribution in [-0.2, 0) is 10.0 Å². The van der Waals surface area contributed by atoms with E-state index < -0.39 is 10.0 Å². The maximum Gasteiger partial charge on any atom is 0.243 e. The smallest absolute Gasteiger partial charge is 0.243 e. The fourth-order valence-electron chi connectivity index (χ4n) is 3.91. The summed E-state index contributed by atoms with van der Waals surface area (Å²) in [6.45, 7) is 1.47. The van der Waals surface area contributed by atoms with Crippen molar-refractivity contribution in [1.82, 2.24) is 14.3 Å². The molecule has 3 aromatic carbocycles. The normalized spacial score (nSPS) is 15.5. The minimum absolute atomic E-state index is 0.225. The lowest BCUT2D eigenvalue weighted by molar-refractivity contribution is 0.383. The van der Waals surface area contributed by atoms with E-state index in [2.05, 4.69) is 9.97 Å². The number of fused-ring (bicyclic) bond motifs is 1. The van der Waals surface area contributed by atoms with E-state index in [1.165, 1.54) is 10.4 Å². The molecule has 0 unspecified atom stereocenters. The number of aromatic nitrogens is 2. The number of aromatic amines is 1. The number of rotatable bonds is 4. The van der Waals surface area contributed by atoms with Gasteiger partial charge in [0, 0.05) is 31.7 Å². The van der Waals surface area contributed by atoms with Crippen molar-refractivity contribution < 1.29 is 12.8 Å². The summed E-state index contributed by atoms with van der Waals surface area (Å²) in [5.41, 5.74) is 2.83. The lowest BCUT2D eigenvalue weighted by atomic mass is 10.2. The number of para-hydroxylation sites is 1. The molecule has 0 bridgehead atoms. The van der Waals surface area contributed by atoms with Crippen LogP contribution < -0.4 is 4.90 Å². The molecule has 1 aromatic heterocycles. The van der Waals surface area contributed by atoms with E-state index in [0.29, 0.717) is 48.7 Å². The van der Waals surface area contributed by atoms with Gasteiger partial charge in [0.25, 0.3) is 0 Å². The molecular formula is C23H21FN4O2S. The number of sulfonamides is 1. The van der Waals surface area contributed by atoms with E-state index in [0.717, 1.165) is 5.56 Å². The summed E-state index contributed by atoms with van der Waals surface area (Å²) in [7, 11) is -3.66. The summed E-state index contributed by atoms with van der Waals surface area (Å²) >= 11 is 0. The van der Waals surface area contributed by atoms with Gasteiger partial charge in [-0.15, -0.1) is 0 Å². The summed E-state index contributed by atoms with van der Waals surface area (Å²) in [4.78, 5) is 9.89. The van der Waals surface area contributed by atoms with E-state index in [1.54, 1.807) is 36.4 Å². The molecule has 1 saturated heterocycles. The molecule has 6 nitrogen and oxygen atoms in total. The largest absolute Gasteiger partial charge is 0.367 e. The Kier molecular flexibility index (Phi) is 4.95. The third-order valence-electron chi connectivity index (χ3n) is 5.57. The highest BCUT2D eigenvalue weighted by atomic mass is 32.2. The highest BCUT2D eigenvalue weighted by Crippen LogP contribution is 2.26. The molecule has 0 aliphatic carbocycles. The fraction of sp³-hybridized carbons (Fsp3) is 0.174. The predicted octanol–water partition coefficient (Wildman–Crippen LogP) is 3.88. The molecule has 4 aromatic rings. The van der Waals surface area contributed by atoms with Gasteiger partial charge in [-0.2, -0.15) is 4.31 Å². The van der Waals surface area contributed by atoms with Crippen molar-refractivity contribution >= 4 is 26.7 Å². The summed E-state index contributed by atoms with van der Waals surface area (Å²) in [5.74, 6) is 0.404. The Morgan fingerprint density at radius 2 is 1.58 bits per heavy atom. The summed E-state index contributed by atoms with van der Waals surface area (Å²) in [6, 6.07) is 21.2. The van der Waals surface area contributed by atoms with Crippen LogP contribution >= 0.6 is 0 Å². The first-order valence-corrected chi connectivity index (χ1v) is 11.5. The number of H-pyrrole nitrogens is 1. The van der Waals surface area contributed by atoms with Crippen molar-refractivity contribution in [2.24, 2.45) is 0 Å². The van der Waals surface area contributed by atoms with Gasteiger partial charge >= 0.3 is 0 Å². The molecule has 1 aliphatic heterocycles. The number of piperazine rings is 1. The molecule has 0 atom stereocenters. The predicted molar refractivity (Wildman–Crippen MR) is 119 cm³/mol. The first kappa shape index (κ1) is 19.7. The van der Waals surface area contributed by atoms with Gasteiger partial charge in [0.2, 0.25) is 10.0 Å². The molecule has 1 N–H and O–H groups in total. The lowest BCUT2D eigenvalue weighted by Crippen LogP contribution is -2.48. The number of hydrogen-bond acceptors (Lipinski definition) is 4. The van der Waals surface area contributed by atoms with E-state index in [1.807, 2.05) is 35.2 Å². The van der Waals surface area contributed by atoms with Gasteiger partial charge in [-0.05, 0) is 30.3 Å². The maximum atomic E-state index is 14.1. The van der Waals surface area contributed by atoms with Crippen LogP contribution in [0.25, 0.3) is 22.4 Å². The number of halogens is 1. The first-order valence-electron chi connectivity index (χ1n) is 10.1. The minimum Gasteiger partial charge on any atom is -0.367 e. The Hall–Kier alpha value is -3.23. The van der Waals surface area contributed by atoms with Crippen molar-refractivity contribution in [3.63, 3.8) is 0 Å². The van der Waals surface area contributed by atoms with Crippen molar-refractivity contribution in [1.29, 1.82) is 0 Å². The zero-order valence-electron chi connectivity index (χ0n) is 16.7. The zero-order chi connectivity index (χ0) is 21.4. The quantitative estimate of drug-likeness (QED) is 0.527. The molecule has 0 spiro atoms. The molecule has 1 aliphatic rings. The number of hydrogen-bond donors (Lipinski definition) is 1. The van der Waals surface area contributed by atoms with Crippen molar-refractivity contribution in [2.45, 2.75) is 4.90 Å². The second-order valence-electron chi connectivity index (χ2n) is 7.47. The van der Waals surface area contributed by atoms with E-state index in [4.69, 9.17) is 0 Å². The van der Waals surface area contributed by atoms with Crippen molar-refractivity contribution in [3.05, 3.63) is 78.6 Å². The van der Waals surface area contributed by atoms with Crippen LogP contribution in [0, 0.1) is 5.82 Å².